The molecule has 1 N–H and O–H groups in total. The third kappa shape index (κ3) is 3.95. The van der Waals surface area contributed by atoms with Gasteiger partial charge in [0.15, 0.2) is 0 Å². The molecule has 0 atom stereocenters. The summed E-state index contributed by atoms with van der Waals surface area (Å²) in [6.07, 6.45) is 0. The third-order valence-corrected chi connectivity index (χ3v) is 2.76. The van der Waals surface area contributed by atoms with Crippen molar-refractivity contribution in [3.63, 3.8) is 0 Å². The molecule has 0 radical (unpaired) electrons. The van der Waals surface area contributed by atoms with Crippen molar-refractivity contribution in [1.82, 2.24) is 0 Å². The topological polar surface area (TPSA) is 29.5 Å². The molecule has 0 bridgehead atoms. The summed E-state index contributed by atoms with van der Waals surface area (Å²) < 4.78 is 5.61. The van der Waals surface area contributed by atoms with Crippen LogP contribution in [0, 0.1) is 19.3 Å². The van der Waals surface area contributed by atoms with E-state index in [0.29, 0.717) is 13.2 Å². The molecule has 0 amide bonds. The Bertz CT molecular complexity index is 343. The fourth-order valence-electron chi connectivity index (χ4n) is 1.38. The molecule has 1 rings (SSSR count). The van der Waals surface area contributed by atoms with Crippen molar-refractivity contribution in [2.45, 2.75) is 34.3 Å². The Kier molecular flexibility index (Phi) is 4.51. The molecule has 1 aromatic rings. The van der Waals surface area contributed by atoms with Crippen molar-refractivity contribution in [3.05, 3.63) is 34.9 Å². The van der Waals surface area contributed by atoms with E-state index in [1.54, 1.807) is 0 Å². The van der Waals surface area contributed by atoms with Gasteiger partial charge in [0.1, 0.15) is 0 Å². The van der Waals surface area contributed by atoms with Gasteiger partial charge in [-0.3, -0.25) is 0 Å². The quantitative estimate of drug-likeness (QED) is 0.830. The van der Waals surface area contributed by atoms with Crippen LogP contribution in [0.25, 0.3) is 0 Å². The van der Waals surface area contributed by atoms with Gasteiger partial charge >= 0.3 is 0 Å². The summed E-state index contributed by atoms with van der Waals surface area (Å²) in [5, 5.41) is 9.09. The van der Waals surface area contributed by atoms with Gasteiger partial charge in [-0.05, 0) is 30.5 Å². The van der Waals surface area contributed by atoms with Crippen molar-refractivity contribution in [3.8, 4) is 0 Å². The summed E-state index contributed by atoms with van der Waals surface area (Å²) in [7, 11) is 0. The second-order valence-corrected chi connectivity index (χ2v) is 5.23. The van der Waals surface area contributed by atoms with E-state index in [4.69, 9.17) is 9.84 Å². The fourth-order valence-corrected chi connectivity index (χ4v) is 1.38. The number of hydrogen-bond donors (Lipinski definition) is 1. The van der Waals surface area contributed by atoms with Crippen molar-refractivity contribution >= 4 is 0 Å². The van der Waals surface area contributed by atoms with E-state index in [1.807, 2.05) is 13.8 Å². The van der Waals surface area contributed by atoms with Gasteiger partial charge in [0.2, 0.25) is 0 Å². The maximum atomic E-state index is 9.09. The summed E-state index contributed by atoms with van der Waals surface area (Å²) in [5.41, 5.74) is 3.64. The molecule has 0 aliphatic heterocycles. The number of benzene rings is 1. The highest BCUT2D eigenvalue weighted by atomic mass is 16.5. The molecule has 2 nitrogen and oxygen atoms in total. The first-order chi connectivity index (χ1) is 7.44. The predicted molar refractivity (Wildman–Crippen MR) is 66.4 cm³/mol. The van der Waals surface area contributed by atoms with Crippen LogP contribution in [-0.4, -0.2) is 18.3 Å². The Labute approximate surface area is 98.3 Å². The highest BCUT2D eigenvalue weighted by Gasteiger charge is 2.16. The molecule has 0 saturated carbocycles. The minimum atomic E-state index is -0.153. The Hall–Kier alpha value is -0.860. The molecule has 0 aliphatic carbocycles. The van der Waals surface area contributed by atoms with Gasteiger partial charge in [-0.15, -0.1) is 0 Å². The van der Waals surface area contributed by atoms with E-state index in [-0.39, 0.29) is 12.0 Å². The lowest BCUT2D eigenvalue weighted by atomic mass is 9.96. The van der Waals surface area contributed by atoms with Gasteiger partial charge in [0.25, 0.3) is 0 Å². The fraction of sp³-hybridized carbons (Fsp3) is 0.571. The van der Waals surface area contributed by atoms with Gasteiger partial charge in [-0.1, -0.05) is 32.0 Å². The zero-order valence-corrected chi connectivity index (χ0v) is 10.7. The Morgan fingerprint density at radius 3 is 2.44 bits per heavy atom. The van der Waals surface area contributed by atoms with Crippen LogP contribution in [0.5, 0.6) is 0 Å². The minimum Gasteiger partial charge on any atom is -0.396 e. The molecule has 0 aromatic heterocycles. The molecule has 0 unspecified atom stereocenters. The molecular formula is C14H22O2. The van der Waals surface area contributed by atoms with Crippen molar-refractivity contribution in [1.29, 1.82) is 0 Å². The molecule has 0 saturated heterocycles. The number of rotatable bonds is 5. The van der Waals surface area contributed by atoms with Crippen LogP contribution < -0.4 is 0 Å². The normalized spacial score (nSPS) is 11.8. The van der Waals surface area contributed by atoms with Gasteiger partial charge in [-0.2, -0.15) is 0 Å². The number of aliphatic hydroxyl groups is 1. The average molecular weight is 222 g/mol. The highest BCUT2D eigenvalue weighted by Crippen LogP contribution is 2.16. The standard InChI is InChI=1S/C14H22O2/c1-11-5-6-13(7-12(11)2)8-16-10-14(3,4)9-15/h5-7,15H,8-10H2,1-4H3. The summed E-state index contributed by atoms with van der Waals surface area (Å²) in [5.74, 6) is 0. The number of ether oxygens (including phenoxy) is 1. The SMILES string of the molecule is Cc1ccc(COCC(C)(C)CO)cc1C. The molecule has 16 heavy (non-hydrogen) atoms. The van der Waals surface area contributed by atoms with E-state index in [1.165, 1.54) is 16.7 Å². The molecule has 1 aromatic carbocycles. The van der Waals surface area contributed by atoms with Crippen molar-refractivity contribution in [2.24, 2.45) is 5.41 Å². The average Bonchev–Trinajstić information content (AvgIpc) is 2.23. The monoisotopic (exact) mass is 222 g/mol. The van der Waals surface area contributed by atoms with E-state index in [0.717, 1.165) is 0 Å². The third-order valence-electron chi connectivity index (χ3n) is 2.76. The van der Waals surface area contributed by atoms with Crippen LogP contribution in [0.3, 0.4) is 0 Å². The molecule has 90 valence electrons. The Morgan fingerprint density at radius 2 is 1.88 bits per heavy atom. The molecule has 0 heterocycles. The van der Waals surface area contributed by atoms with E-state index in [2.05, 4.69) is 32.0 Å². The Morgan fingerprint density at radius 1 is 1.19 bits per heavy atom. The molecule has 0 fully saturated rings. The maximum Gasteiger partial charge on any atom is 0.0717 e. The van der Waals surface area contributed by atoms with Crippen LogP contribution in [0.15, 0.2) is 18.2 Å². The number of aryl methyl sites for hydroxylation is 2. The van der Waals surface area contributed by atoms with Crippen LogP contribution in [-0.2, 0) is 11.3 Å². The van der Waals surface area contributed by atoms with Crippen molar-refractivity contribution < 1.29 is 9.84 Å². The van der Waals surface area contributed by atoms with Gasteiger partial charge in [0.05, 0.1) is 19.8 Å². The second kappa shape index (κ2) is 5.46. The zero-order valence-electron chi connectivity index (χ0n) is 10.7. The molecule has 2 heteroatoms. The van der Waals surface area contributed by atoms with Gasteiger partial charge in [-0.25, -0.2) is 0 Å². The number of hydrogen-bond acceptors (Lipinski definition) is 2. The summed E-state index contributed by atoms with van der Waals surface area (Å²) in [6, 6.07) is 6.36. The van der Waals surface area contributed by atoms with Crippen LogP contribution >= 0.6 is 0 Å². The van der Waals surface area contributed by atoms with E-state index < -0.39 is 0 Å². The lowest BCUT2D eigenvalue weighted by Gasteiger charge is -2.21. The first-order valence-electron chi connectivity index (χ1n) is 5.69. The second-order valence-electron chi connectivity index (χ2n) is 5.23. The smallest absolute Gasteiger partial charge is 0.0717 e. The van der Waals surface area contributed by atoms with Crippen LogP contribution in [0.2, 0.25) is 0 Å². The van der Waals surface area contributed by atoms with Gasteiger partial charge < -0.3 is 9.84 Å². The summed E-state index contributed by atoms with van der Waals surface area (Å²) in [4.78, 5) is 0. The van der Waals surface area contributed by atoms with Gasteiger partial charge in [0, 0.05) is 5.41 Å². The molecule has 0 aliphatic rings. The Balaban J connectivity index is 2.46. The zero-order chi connectivity index (χ0) is 12.2. The lowest BCUT2D eigenvalue weighted by molar-refractivity contribution is 0.0197. The lowest BCUT2D eigenvalue weighted by Crippen LogP contribution is -2.23. The van der Waals surface area contributed by atoms with E-state index >= 15 is 0 Å². The molecule has 0 spiro atoms. The first kappa shape index (κ1) is 13.2. The maximum absolute atomic E-state index is 9.09. The summed E-state index contributed by atoms with van der Waals surface area (Å²) in [6.45, 7) is 9.55. The van der Waals surface area contributed by atoms with Crippen LogP contribution in [0.1, 0.15) is 30.5 Å². The van der Waals surface area contributed by atoms with Crippen molar-refractivity contribution in [2.75, 3.05) is 13.2 Å². The van der Waals surface area contributed by atoms with Crippen LogP contribution in [0.4, 0.5) is 0 Å². The van der Waals surface area contributed by atoms with E-state index in [9.17, 15) is 0 Å². The minimum absolute atomic E-state index is 0.153. The molecular weight excluding hydrogens is 200 g/mol. The highest BCUT2D eigenvalue weighted by molar-refractivity contribution is 5.29. The summed E-state index contributed by atoms with van der Waals surface area (Å²) >= 11 is 0. The number of aliphatic hydroxyl groups excluding tert-OH is 1. The first-order valence-corrected chi connectivity index (χ1v) is 5.69. The predicted octanol–water partition coefficient (Wildman–Crippen LogP) is 2.84. The largest absolute Gasteiger partial charge is 0.396 e.